The molecule has 0 aromatic heterocycles. The molecule has 50 heteroatoms. The molecule has 1 fully saturated rings. The van der Waals surface area contributed by atoms with Crippen LogP contribution in [0.15, 0.2) is 24.3 Å². The zero-order valence-corrected chi connectivity index (χ0v) is 80.9. The number of carboxylic acid groups (broad SMARTS) is 2. The topological polar surface area (TPSA) is 786 Å². The molecule has 1 aromatic carbocycles. The molecule has 1 aliphatic rings. The maximum absolute atomic E-state index is 15.1. The maximum Gasteiger partial charge on any atom is 0.303 e. The predicted octanol–water partition coefficient (Wildman–Crippen LogP) is -6.39. The number of benzene rings is 1. The Labute approximate surface area is 798 Å². The number of aromatic hydroxyl groups is 1. The number of phenolic OH excluding ortho intramolecular Hbond substituents is 1. The van der Waals surface area contributed by atoms with Gasteiger partial charge in [-0.05, 0) is 148 Å². The number of aliphatic hydroxyl groups is 3. The Morgan fingerprint density at radius 1 is 0.434 bits per heavy atom. The number of carboxylic acids is 2. The van der Waals surface area contributed by atoms with Crippen LogP contribution in [0.1, 0.15) is 184 Å². The van der Waals surface area contributed by atoms with Crippen LogP contribution in [-0.2, 0) is 102 Å². The minimum Gasteiger partial charge on any atom is -0.508 e. The molecule has 1 aromatic rings. The average Bonchev–Trinajstić information content (AvgIpc) is 1.69. The standard InChI is InChI=1S/C86H144N22O26S2/c1-13-46(9)68(88)83(132)102-58(37-45(7)8)78(127)98-55(30-34-136-12)76(125)107-69(47(10)14-2)84(133)99-51(17-15-31-92-86(90)91)72(121)103-59(38-48-19-21-49(112)22-20-48)85(134)108-32-16-18-63(108)82(131)106-62(42-111)81(130)105-60(40-109)79(128)96-53(23-26-64(87)113)74(123)100-56(35-43(3)4)71(120)93-39-65(114)94-52(25-28-67(117)118)73(122)97-54(29-33-135-11)75(124)104-61(41-110)80(129)101-57(36-44(5)6)77(126)95-50(70(89)119)24-27-66(115)116/h19-22,43-47,50-63,68-69,109-112H,13-18,23-42,88H2,1-12H3,(H2,87,113)(H2,89,119)(H,93,120)(H,94,114)(H,95,126)(H,96,128)(H,97,122)(H,98,127)(H,99,133)(H,100,123)(H,101,129)(H,102,132)(H,103,121)(H,104,124)(H,105,130)(H,106,131)(H,107,125)(H,115,116)(H,117,118)(H4,90,91,92)/t46-,47-,50-,51-,52-,53-,54-,55-,56-,57-,58-,59-,60-,61-,62-,63-,68-,69-/m0/s1. The molecule has 48 nitrogen and oxygen atoms in total. The Morgan fingerprint density at radius 3 is 1.23 bits per heavy atom. The van der Waals surface area contributed by atoms with Crippen molar-refractivity contribution in [2.24, 2.45) is 52.5 Å². The Morgan fingerprint density at radius 2 is 0.801 bits per heavy atom. The van der Waals surface area contributed by atoms with E-state index in [2.05, 4.69) is 85.1 Å². The van der Waals surface area contributed by atoms with Gasteiger partial charge < -0.3 is 144 Å². The number of aliphatic carboxylic acids is 2. The molecule has 1 aliphatic heterocycles. The lowest BCUT2D eigenvalue weighted by Gasteiger charge is -2.31. The van der Waals surface area contributed by atoms with Gasteiger partial charge in [0, 0.05) is 38.8 Å². The molecular formula is C86H144N22O26S2. The molecule has 18 amide bonds. The van der Waals surface area contributed by atoms with Crippen molar-refractivity contribution in [2.75, 3.05) is 63.5 Å². The maximum atomic E-state index is 15.1. The molecule has 1 saturated heterocycles. The summed E-state index contributed by atoms with van der Waals surface area (Å²) >= 11 is 2.59. The summed E-state index contributed by atoms with van der Waals surface area (Å²) in [5, 5.41) is 108. The Balaban J connectivity index is 2.46. The predicted molar refractivity (Wildman–Crippen MR) is 500 cm³/mol. The second-order valence-corrected chi connectivity index (χ2v) is 36.6. The van der Waals surface area contributed by atoms with Crippen molar-refractivity contribution in [3.8, 4) is 5.75 Å². The first-order valence-corrected chi connectivity index (χ1v) is 48.0. The fourth-order valence-electron chi connectivity index (χ4n) is 14.0. The van der Waals surface area contributed by atoms with Gasteiger partial charge in [-0.15, -0.1) is 0 Å². The van der Waals surface area contributed by atoms with Gasteiger partial charge in [-0.1, -0.05) is 94.2 Å². The highest BCUT2D eigenvalue weighted by Crippen LogP contribution is 2.23. The van der Waals surface area contributed by atoms with E-state index in [4.69, 9.17) is 33.5 Å². The summed E-state index contributed by atoms with van der Waals surface area (Å²) in [7, 11) is 0. The lowest BCUT2D eigenvalue weighted by atomic mass is 9.96. The van der Waals surface area contributed by atoms with E-state index in [0.717, 1.165) is 4.90 Å². The third-order valence-corrected chi connectivity index (χ3v) is 23.4. The van der Waals surface area contributed by atoms with Crippen LogP contribution >= 0.6 is 23.5 Å². The summed E-state index contributed by atoms with van der Waals surface area (Å²) < 4.78 is 0. The molecule has 1 heterocycles. The smallest absolute Gasteiger partial charge is 0.303 e. The Bertz CT molecular complexity index is 4190. The minimum absolute atomic E-state index is 0.0127. The highest BCUT2D eigenvalue weighted by molar-refractivity contribution is 7.98. The molecule has 0 bridgehead atoms. The second kappa shape index (κ2) is 62.8. The zero-order chi connectivity index (χ0) is 103. The van der Waals surface area contributed by atoms with Crippen molar-refractivity contribution in [3.63, 3.8) is 0 Å². The molecule has 2 rings (SSSR count). The molecule has 0 aliphatic carbocycles. The molecule has 0 unspecified atom stereocenters. The van der Waals surface area contributed by atoms with Gasteiger partial charge in [0.15, 0.2) is 5.96 Å². The Hall–Kier alpha value is -11.8. The largest absolute Gasteiger partial charge is 0.508 e. The number of amides is 18. The van der Waals surface area contributed by atoms with E-state index >= 15 is 4.79 Å². The lowest BCUT2D eigenvalue weighted by molar-refractivity contribution is -0.143. The van der Waals surface area contributed by atoms with Crippen LogP contribution in [0.5, 0.6) is 5.75 Å². The van der Waals surface area contributed by atoms with Gasteiger partial charge in [0.05, 0.1) is 32.4 Å². The Kier molecular flexibility index (Phi) is 55.5. The van der Waals surface area contributed by atoms with Crippen molar-refractivity contribution in [1.82, 2.24) is 90.0 Å². The number of aliphatic hydroxyl groups excluding tert-OH is 3. The first kappa shape index (κ1) is 120. The van der Waals surface area contributed by atoms with Crippen LogP contribution in [-0.4, -0.2) is 320 Å². The number of carbonyl (C=O) groups is 20. The number of likely N-dealkylation sites (tertiary alicyclic amines) is 1. The molecule has 0 spiro atoms. The van der Waals surface area contributed by atoms with E-state index in [1.165, 1.54) is 47.8 Å². The SMILES string of the molecule is CC[C@H](C)[C@H](N)C(=O)N[C@@H](CC(C)C)C(=O)N[C@@H](CCSC)C(=O)N[C@H](C(=O)N[C@@H](CCCNC(=N)N)C(=O)N[C@@H](Cc1ccc(O)cc1)C(=O)N1CCC[C@H]1C(=O)N[C@@H](CO)C(=O)N[C@@H](CO)C(=O)N[C@@H](CCC(N)=O)C(=O)N[C@@H](CC(C)C)C(=O)NCC(=O)N[C@@H](CCC(=O)O)C(=O)N[C@@H](CCSC)C(=O)N[C@@H](CO)C(=O)N[C@@H](CC(C)C)C(=O)N[C@@H](CCC(=O)O)C(N)=O)[C@@H](C)CC. The monoisotopic (exact) mass is 1970 g/mol. The number of nitrogens with zero attached hydrogens (tertiary/aromatic N) is 1. The molecule has 31 N–H and O–H groups in total. The third-order valence-electron chi connectivity index (χ3n) is 22.1. The van der Waals surface area contributed by atoms with E-state index in [-0.39, 0.29) is 113 Å². The van der Waals surface area contributed by atoms with Gasteiger partial charge in [0.25, 0.3) is 0 Å². The van der Waals surface area contributed by atoms with E-state index < -0.39 is 291 Å². The zero-order valence-electron chi connectivity index (χ0n) is 79.2. The fourth-order valence-corrected chi connectivity index (χ4v) is 14.9. The van der Waals surface area contributed by atoms with E-state index in [0.29, 0.717) is 24.2 Å². The number of nitrogens with one attached hydrogen (secondary N) is 17. The summed E-state index contributed by atoms with van der Waals surface area (Å²) in [4.78, 5) is 275. The summed E-state index contributed by atoms with van der Waals surface area (Å²) in [5.41, 5.74) is 23.0. The average molecular weight is 1970 g/mol. The van der Waals surface area contributed by atoms with Gasteiger partial charge in [-0.2, -0.15) is 23.5 Å². The van der Waals surface area contributed by atoms with Crippen molar-refractivity contribution < 1.29 is 127 Å². The molecular weight excluding hydrogens is 1820 g/mol. The van der Waals surface area contributed by atoms with Crippen LogP contribution in [0.25, 0.3) is 0 Å². The third kappa shape index (κ3) is 44.4. The minimum atomic E-state index is -2.01. The van der Waals surface area contributed by atoms with E-state index in [1.54, 1.807) is 61.0 Å². The normalized spacial score (nSPS) is 16.1. The van der Waals surface area contributed by atoms with Crippen molar-refractivity contribution in [3.05, 3.63) is 29.8 Å². The summed E-state index contributed by atoms with van der Waals surface area (Å²) in [6, 6.07) is -18.9. The van der Waals surface area contributed by atoms with Crippen LogP contribution in [0.4, 0.5) is 0 Å². The van der Waals surface area contributed by atoms with Crippen LogP contribution < -0.4 is 108 Å². The highest BCUT2D eigenvalue weighted by atomic mass is 32.2. The highest BCUT2D eigenvalue weighted by Gasteiger charge is 2.43. The van der Waals surface area contributed by atoms with Crippen molar-refractivity contribution in [2.45, 2.75) is 281 Å². The number of hydrogen-bond acceptors (Lipinski definition) is 28. The molecule has 136 heavy (non-hydrogen) atoms. The van der Waals surface area contributed by atoms with Crippen LogP contribution in [0.2, 0.25) is 0 Å². The summed E-state index contributed by atoms with van der Waals surface area (Å²) in [6.07, 6.45) is 0.359. The molecule has 0 radical (unpaired) electrons. The second-order valence-electron chi connectivity index (χ2n) is 34.7. The van der Waals surface area contributed by atoms with E-state index in [1.807, 2.05) is 20.8 Å². The number of guanidine groups is 1. The van der Waals surface area contributed by atoms with Crippen molar-refractivity contribution >= 4 is 148 Å². The number of nitrogens with two attached hydrogens (primary N) is 4. The summed E-state index contributed by atoms with van der Waals surface area (Å²) in [5.74, 6) is -22.4. The molecule has 18 atom stereocenters. The van der Waals surface area contributed by atoms with E-state index in [9.17, 15) is 117 Å². The first-order chi connectivity index (χ1) is 64.0. The van der Waals surface area contributed by atoms with Gasteiger partial charge >= 0.3 is 11.9 Å². The quantitative estimate of drug-likeness (QED) is 0.0164. The molecule has 0 saturated carbocycles. The van der Waals surface area contributed by atoms with Gasteiger partial charge in [0.1, 0.15) is 96.4 Å². The van der Waals surface area contributed by atoms with Crippen molar-refractivity contribution in [1.29, 1.82) is 5.41 Å². The van der Waals surface area contributed by atoms with Crippen LogP contribution in [0, 0.1) is 35.0 Å². The lowest BCUT2D eigenvalue weighted by Crippen LogP contribution is -2.62. The first-order valence-electron chi connectivity index (χ1n) is 45.3. The fraction of sp³-hybridized carbons (Fsp3) is 0.686. The number of phenols is 1. The number of rotatable bonds is 66. The van der Waals surface area contributed by atoms with Gasteiger partial charge in [-0.25, -0.2) is 0 Å². The molecule has 766 valence electrons. The van der Waals surface area contributed by atoms with Gasteiger partial charge in [0.2, 0.25) is 106 Å². The number of hydrogen-bond donors (Lipinski definition) is 27. The number of thioether (sulfide) groups is 2. The van der Waals surface area contributed by atoms with Crippen LogP contribution in [0.3, 0.4) is 0 Å². The number of carbonyl (C=O) groups excluding carboxylic acids is 18. The summed E-state index contributed by atoms with van der Waals surface area (Å²) in [6.45, 7) is 12.8. The van der Waals surface area contributed by atoms with Gasteiger partial charge in [-0.3, -0.25) is 101 Å². The number of primary amides is 2.